The molecule has 0 aliphatic heterocycles. The van der Waals surface area contributed by atoms with E-state index in [1.807, 2.05) is 45.0 Å². The molecule has 120 valence electrons. The number of aryl methyl sites for hydroxylation is 2. The van der Waals surface area contributed by atoms with Crippen LogP contribution in [0.5, 0.6) is 0 Å². The number of anilines is 1. The Kier molecular flexibility index (Phi) is 7.01. The van der Waals surface area contributed by atoms with Gasteiger partial charge in [0, 0.05) is 21.7 Å². The third kappa shape index (κ3) is 4.30. The topological polar surface area (TPSA) is 32.3 Å². The maximum absolute atomic E-state index is 10.5. The van der Waals surface area contributed by atoms with E-state index in [1.54, 1.807) is 12.1 Å². The summed E-state index contributed by atoms with van der Waals surface area (Å²) < 4.78 is 0. The van der Waals surface area contributed by atoms with Crippen molar-refractivity contribution in [3.63, 3.8) is 0 Å². The van der Waals surface area contributed by atoms with Crippen molar-refractivity contribution in [1.29, 1.82) is 0 Å². The summed E-state index contributed by atoms with van der Waals surface area (Å²) in [5.74, 6) is -0.159. The van der Waals surface area contributed by atoms with Gasteiger partial charge in [-0.1, -0.05) is 54.4 Å². The molecular weight excluding hydrogens is 341 g/mol. The Labute approximate surface area is 147 Å². The second-order valence-electron chi connectivity index (χ2n) is 5.31. The number of halogens is 3. The van der Waals surface area contributed by atoms with Crippen LogP contribution in [0.2, 0.25) is 10.0 Å². The van der Waals surface area contributed by atoms with Crippen LogP contribution in [0.15, 0.2) is 36.4 Å². The molecular formula is C17H20Cl3NO. The van der Waals surface area contributed by atoms with E-state index in [0.29, 0.717) is 10.0 Å². The van der Waals surface area contributed by atoms with Gasteiger partial charge in [-0.15, -0.1) is 12.4 Å². The Balaban J connectivity index is 0.00000242. The normalized spacial score (nSPS) is 13.2. The van der Waals surface area contributed by atoms with Crippen molar-refractivity contribution < 1.29 is 5.11 Å². The highest BCUT2D eigenvalue weighted by Gasteiger charge is 2.20. The molecule has 0 saturated carbocycles. The average Bonchev–Trinajstić information content (AvgIpc) is 2.42. The van der Waals surface area contributed by atoms with Gasteiger partial charge < -0.3 is 10.4 Å². The van der Waals surface area contributed by atoms with E-state index < -0.39 is 6.23 Å². The molecule has 0 fully saturated rings. The van der Waals surface area contributed by atoms with Crippen LogP contribution in [0.25, 0.3) is 0 Å². The number of hydrogen-bond acceptors (Lipinski definition) is 2. The monoisotopic (exact) mass is 359 g/mol. The lowest BCUT2D eigenvalue weighted by atomic mass is 9.98. The molecule has 5 heteroatoms. The summed E-state index contributed by atoms with van der Waals surface area (Å²) in [4.78, 5) is 0. The van der Waals surface area contributed by atoms with Crippen LogP contribution in [0.4, 0.5) is 5.69 Å². The number of benzene rings is 2. The molecule has 0 saturated heterocycles. The maximum Gasteiger partial charge on any atom is 0.131 e. The van der Waals surface area contributed by atoms with Crippen molar-refractivity contribution in [2.45, 2.75) is 32.9 Å². The first-order valence-corrected chi connectivity index (χ1v) is 7.61. The molecule has 22 heavy (non-hydrogen) atoms. The Morgan fingerprint density at radius 3 is 2.18 bits per heavy atom. The molecule has 0 spiro atoms. The van der Waals surface area contributed by atoms with Gasteiger partial charge in [-0.3, -0.25) is 0 Å². The fraction of sp³-hybridized carbons (Fsp3) is 0.294. The van der Waals surface area contributed by atoms with E-state index >= 15 is 0 Å². The maximum atomic E-state index is 10.5. The van der Waals surface area contributed by atoms with Gasteiger partial charge in [-0.2, -0.15) is 0 Å². The number of rotatable bonds is 4. The zero-order valence-corrected chi connectivity index (χ0v) is 15.1. The van der Waals surface area contributed by atoms with Gasteiger partial charge in [0.1, 0.15) is 6.23 Å². The van der Waals surface area contributed by atoms with Gasteiger partial charge in [-0.05, 0) is 42.7 Å². The van der Waals surface area contributed by atoms with Gasteiger partial charge in [0.2, 0.25) is 0 Å². The predicted octanol–water partition coefficient (Wildman–Crippen LogP) is 5.57. The van der Waals surface area contributed by atoms with Crippen molar-refractivity contribution >= 4 is 41.3 Å². The van der Waals surface area contributed by atoms with E-state index in [0.717, 1.165) is 22.4 Å². The van der Waals surface area contributed by atoms with Gasteiger partial charge >= 0.3 is 0 Å². The summed E-state index contributed by atoms with van der Waals surface area (Å²) in [7, 11) is 0. The molecule has 2 nitrogen and oxygen atoms in total. The van der Waals surface area contributed by atoms with Gasteiger partial charge in [-0.25, -0.2) is 0 Å². The lowest BCUT2D eigenvalue weighted by Gasteiger charge is -2.24. The Morgan fingerprint density at radius 1 is 1.05 bits per heavy atom. The number of aliphatic hydroxyl groups is 1. The molecule has 2 rings (SSSR count). The molecule has 0 aliphatic carbocycles. The number of nitrogens with one attached hydrogen (secondary N) is 1. The summed E-state index contributed by atoms with van der Waals surface area (Å²) >= 11 is 12.1. The molecule has 0 bridgehead atoms. The summed E-state index contributed by atoms with van der Waals surface area (Å²) in [5, 5.41) is 14.8. The fourth-order valence-corrected chi connectivity index (χ4v) is 2.94. The summed E-state index contributed by atoms with van der Waals surface area (Å²) in [6.07, 6.45) is -0.733. The minimum atomic E-state index is -0.733. The van der Waals surface area contributed by atoms with Crippen LogP contribution in [0.3, 0.4) is 0 Å². The standard InChI is InChI=1S/C17H19Cl2NO.ClH/c1-10-5-4-6-11(2)16(10)20-17(21)12(3)14-8-7-13(18)9-15(14)19;/h4-9,12,17,20-21H,1-3H3;1H. The molecule has 2 aromatic rings. The molecule has 0 radical (unpaired) electrons. The van der Waals surface area contributed by atoms with Crippen LogP contribution in [0, 0.1) is 13.8 Å². The Hall–Kier alpha value is -0.930. The van der Waals surface area contributed by atoms with E-state index in [2.05, 4.69) is 5.32 Å². The lowest BCUT2D eigenvalue weighted by molar-refractivity contribution is 0.177. The number of hydrogen-bond donors (Lipinski definition) is 2. The number of para-hydroxylation sites is 1. The van der Waals surface area contributed by atoms with Crippen molar-refractivity contribution in [3.8, 4) is 0 Å². The number of aliphatic hydroxyl groups excluding tert-OH is 1. The Bertz CT molecular complexity index is 626. The molecule has 0 amide bonds. The zero-order chi connectivity index (χ0) is 15.6. The largest absolute Gasteiger partial charge is 0.373 e. The van der Waals surface area contributed by atoms with Gasteiger partial charge in [0.25, 0.3) is 0 Å². The first-order valence-electron chi connectivity index (χ1n) is 6.86. The lowest BCUT2D eigenvalue weighted by Crippen LogP contribution is -2.26. The first kappa shape index (κ1) is 19.1. The van der Waals surface area contributed by atoms with E-state index in [9.17, 15) is 5.11 Å². The first-order chi connectivity index (χ1) is 9.90. The quantitative estimate of drug-likeness (QED) is 0.699. The summed E-state index contributed by atoms with van der Waals surface area (Å²) in [5.41, 5.74) is 4.03. The minimum absolute atomic E-state index is 0. The van der Waals surface area contributed by atoms with Gasteiger partial charge in [0.05, 0.1) is 0 Å². The van der Waals surface area contributed by atoms with Crippen molar-refractivity contribution in [2.75, 3.05) is 5.32 Å². The minimum Gasteiger partial charge on any atom is -0.373 e. The molecule has 0 aromatic heterocycles. The van der Waals surface area contributed by atoms with Crippen LogP contribution >= 0.6 is 35.6 Å². The van der Waals surface area contributed by atoms with Crippen LogP contribution in [-0.4, -0.2) is 11.3 Å². The van der Waals surface area contributed by atoms with E-state index in [-0.39, 0.29) is 18.3 Å². The average molecular weight is 361 g/mol. The Morgan fingerprint density at radius 2 is 1.64 bits per heavy atom. The summed E-state index contributed by atoms with van der Waals surface area (Å²) in [6.45, 7) is 5.96. The molecule has 0 heterocycles. The highest BCUT2D eigenvalue weighted by Crippen LogP contribution is 2.31. The van der Waals surface area contributed by atoms with Gasteiger partial charge in [0.15, 0.2) is 0 Å². The molecule has 2 aromatic carbocycles. The fourth-order valence-electron chi connectivity index (χ4n) is 2.36. The van der Waals surface area contributed by atoms with Crippen LogP contribution in [-0.2, 0) is 0 Å². The smallest absolute Gasteiger partial charge is 0.131 e. The molecule has 2 unspecified atom stereocenters. The van der Waals surface area contributed by atoms with E-state index in [1.165, 1.54) is 0 Å². The second kappa shape index (κ2) is 8.07. The molecule has 2 N–H and O–H groups in total. The highest BCUT2D eigenvalue weighted by atomic mass is 35.5. The van der Waals surface area contributed by atoms with Crippen LogP contribution < -0.4 is 5.32 Å². The molecule has 2 atom stereocenters. The third-order valence-corrected chi connectivity index (χ3v) is 4.26. The predicted molar refractivity (Wildman–Crippen MR) is 97.7 cm³/mol. The summed E-state index contributed by atoms with van der Waals surface area (Å²) in [6, 6.07) is 11.4. The molecule has 0 aliphatic rings. The highest BCUT2D eigenvalue weighted by molar-refractivity contribution is 6.35. The zero-order valence-electron chi connectivity index (χ0n) is 12.7. The third-order valence-electron chi connectivity index (χ3n) is 3.70. The SMILES string of the molecule is Cc1cccc(C)c1NC(O)C(C)c1ccc(Cl)cc1Cl.Cl. The van der Waals surface area contributed by atoms with Crippen molar-refractivity contribution in [2.24, 2.45) is 0 Å². The second-order valence-corrected chi connectivity index (χ2v) is 6.15. The van der Waals surface area contributed by atoms with Crippen molar-refractivity contribution in [3.05, 3.63) is 63.1 Å². The van der Waals surface area contributed by atoms with Crippen molar-refractivity contribution in [1.82, 2.24) is 0 Å². The van der Waals surface area contributed by atoms with E-state index in [4.69, 9.17) is 23.2 Å². The van der Waals surface area contributed by atoms with Crippen LogP contribution in [0.1, 0.15) is 29.5 Å².